The van der Waals surface area contributed by atoms with Crippen molar-refractivity contribution in [1.29, 1.82) is 0 Å². The van der Waals surface area contributed by atoms with Crippen molar-refractivity contribution in [2.75, 3.05) is 19.8 Å². The van der Waals surface area contributed by atoms with Gasteiger partial charge in [0.1, 0.15) is 0 Å². The summed E-state index contributed by atoms with van der Waals surface area (Å²) in [5, 5.41) is 3.37. The van der Waals surface area contributed by atoms with Gasteiger partial charge in [-0.05, 0) is 31.2 Å². The van der Waals surface area contributed by atoms with Gasteiger partial charge in [0.25, 0.3) is 0 Å². The van der Waals surface area contributed by atoms with Crippen LogP contribution in [0.1, 0.15) is 50.5 Å². The highest BCUT2D eigenvalue weighted by Crippen LogP contribution is 2.16. The van der Waals surface area contributed by atoms with Crippen molar-refractivity contribution in [1.82, 2.24) is 5.32 Å². The van der Waals surface area contributed by atoms with Gasteiger partial charge >= 0.3 is 0 Å². The zero-order chi connectivity index (χ0) is 16.2. The Balaban J connectivity index is 1.50. The van der Waals surface area contributed by atoms with Gasteiger partial charge in [-0.15, -0.1) is 0 Å². The van der Waals surface area contributed by atoms with E-state index in [4.69, 9.17) is 10.5 Å². The fourth-order valence-corrected chi connectivity index (χ4v) is 2.98. The van der Waals surface area contributed by atoms with Gasteiger partial charge in [-0.1, -0.05) is 56.0 Å². The lowest BCUT2D eigenvalue weighted by Gasteiger charge is -2.16. The van der Waals surface area contributed by atoms with Gasteiger partial charge in [-0.2, -0.15) is 0 Å². The number of nitrogens with two attached hydrogens (primary N) is 1. The molecular weight excluding hydrogens is 286 g/mol. The van der Waals surface area contributed by atoms with Crippen LogP contribution in [0.15, 0.2) is 35.3 Å². The molecule has 0 aliphatic heterocycles. The van der Waals surface area contributed by atoms with Gasteiger partial charge in [-0.25, -0.2) is 0 Å². The second-order valence-electron chi connectivity index (χ2n) is 6.30. The average Bonchev–Trinajstić information content (AvgIpc) is 2.83. The van der Waals surface area contributed by atoms with E-state index in [9.17, 15) is 0 Å². The quantitative estimate of drug-likeness (QED) is 0.335. The number of ether oxygens (including phenoxy) is 1. The zero-order valence-electron chi connectivity index (χ0n) is 14.2. The Bertz CT molecular complexity index is 439. The van der Waals surface area contributed by atoms with Crippen molar-refractivity contribution in [3.63, 3.8) is 0 Å². The molecule has 1 aromatic rings. The Kier molecular flexibility index (Phi) is 8.56. The number of rotatable bonds is 8. The van der Waals surface area contributed by atoms with Crippen LogP contribution in [-0.2, 0) is 11.2 Å². The summed E-state index contributed by atoms with van der Waals surface area (Å²) >= 11 is 0. The molecule has 0 heterocycles. The van der Waals surface area contributed by atoms with E-state index in [2.05, 4.69) is 34.6 Å². The lowest BCUT2D eigenvalue weighted by molar-refractivity contribution is 0.136. The minimum atomic E-state index is 0.517. The first-order chi connectivity index (χ1) is 11.3. The number of hydrogen-bond acceptors (Lipinski definition) is 2. The Morgan fingerprint density at radius 1 is 1.09 bits per heavy atom. The Morgan fingerprint density at radius 3 is 2.57 bits per heavy atom. The predicted octanol–water partition coefficient (Wildman–Crippen LogP) is 3.26. The van der Waals surface area contributed by atoms with Crippen LogP contribution in [0.3, 0.4) is 0 Å². The van der Waals surface area contributed by atoms with Crippen molar-refractivity contribution in [3.05, 3.63) is 35.9 Å². The summed E-state index contributed by atoms with van der Waals surface area (Å²) in [6.45, 7) is 2.24. The van der Waals surface area contributed by atoms with Crippen LogP contribution in [0, 0.1) is 0 Å². The number of aliphatic imine (C=N–C) groups is 1. The molecule has 2 rings (SSSR count). The molecule has 0 saturated heterocycles. The van der Waals surface area contributed by atoms with Crippen molar-refractivity contribution in [2.45, 2.75) is 57.4 Å². The second-order valence-corrected chi connectivity index (χ2v) is 6.30. The van der Waals surface area contributed by atoms with Gasteiger partial charge < -0.3 is 15.8 Å². The number of guanidine groups is 1. The third kappa shape index (κ3) is 8.03. The SMILES string of the molecule is NC(=NCCCOCCc1ccccc1)NC1CCCCCC1. The Hall–Kier alpha value is -1.55. The summed E-state index contributed by atoms with van der Waals surface area (Å²) in [7, 11) is 0. The van der Waals surface area contributed by atoms with E-state index in [-0.39, 0.29) is 0 Å². The van der Waals surface area contributed by atoms with Crippen molar-refractivity contribution in [2.24, 2.45) is 10.7 Å². The molecule has 0 atom stereocenters. The maximum absolute atomic E-state index is 5.97. The Labute approximate surface area is 140 Å². The second kappa shape index (κ2) is 11.1. The van der Waals surface area contributed by atoms with Gasteiger partial charge in [0, 0.05) is 19.2 Å². The van der Waals surface area contributed by atoms with Crippen molar-refractivity contribution in [3.8, 4) is 0 Å². The first-order valence-corrected chi connectivity index (χ1v) is 9.03. The largest absolute Gasteiger partial charge is 0.381 e. The van der Waals surface area contributed by atoms with Crippen LogP contribution in [0.4, 0.5) is 0 Å². The molecule has 4 heteroatoms. The summed E-state index contributed by atoms with van der Waals surface area (Å²) in [6.07, 6.45) is 9.65. The summed E-state index contributed by atoms with van der Waals surface area (Å²) in [4.78, 5) is 4.41. The van der Waals surface area contributed by atoms with Crippen molar-refractivity contribution < 1.29 is 4.74 Å². The van der Waals surface area contributed by atoms with Gasteiger partial charge in [-0.3, -0.25) is 4.99 Å². The third-order valence-corrected chi connectivity index (χ3v) is 4.31. The first-order valence-electron chi connectivity index (χ1n) is 9.03. The topological polar surface area (TPSA) is 59.6 Å². The number of nitrogens with one attached hydrogen (secondary N) is 1. The highest BCUT2D eigenvalue weighted by atomic mass is 16.5. The number of nitrogens with zero attached hydrogens (tertiary/aromatic N) is 1. The third-order valence-electron chi connectivity index (χ3n) is 4.31. The van der Waals surface area contributed by atoms with Crippen molar-refractivity contribution >= 4 is 5.96 Å². The summed E-state index contributed by atoms with van der Waals surface area (Å²) < 4.78 is 5.66. The average molecular weight is 317 g/mol. The van der Waals surface area contributed by atoms with Crippen LogP contribution in [0.25, 0.3) is 0 Å². The molecule has 1 aromatic carbocycles. The molecular formula is C19H31N3O. The number of benzene rings is 1. The van der Waals surface area contributed by atoms with Crippen LogP contribution < -0.4 is 11.1 Å². The minimum Gasteiger partial charge on any atom is -0.381 e. The normalized spacial score (nSPS) is 17.0. The first kappa shape index (κ1) is 17.8. The summed E-state index contributed by atoms with van der Waals surface area (Å²) in [5.41, 5.74) is 7.29. The molecule has 0 aromatic heterocycles. The molecule has 1 saturated carbocycles. The highest BCUT2D eigenvalue weighted by molar-refractivity contribution is 5.78. The zero-order valence-corrected chi connectivity index (χ0v) is 14.2. The molecule has 0 radical (unpaired) electrons. The van der Waals surface area contributed by atoms with Crippen LogP contribution >= 0.6 is 0 Å². The molecule has 0 spiro atoms. The molecule has 1 fully saturated rings. The highest BCUT2D eigenvalue weighted by Gasteiger charge is 2.11. The molecule has 3 N–H and O–H groups in total. The van der Waals surface area contributed by atoms with E-state index in [0.717, 1.165) is 32.6 Å². The monoisotopic (exact) mass is 317 g/mol. The van der Waals surface area contributed by atoms with E-state index in [1.165, 1.54) is 44.1 Å². The number of hydrogen-bond donors (Lipinski definition) is 2. The summed E-state index contributed by atoms with van der Waals surface area (Å²) in [5.74, 6) is 0.598. The maximum atomic E-state index is 5.97. The lowest BCUT2D eigenvalue weighted by Crippen LogP contribution is -2.39. The molecule has 23 heavy (non-hydrogen) atoms. The van der Waals surface area contributed by atoms with Crippen LogP contribution in [0.2, 0.25) is 0 Å². The van der Waals surface area contributed by atoms with Gasteiger partial charge in [0.15, 0.2) is 5.96 Å². The minimum absolute atomic E-state index is 0.517. The molecule has 4 nitrogen and oxygen atoms in total. The smallest absolute Gasteiger partial charge is 0.188 e. The summed E-state index contributed by atoms with van der Waals surface area (Å²) in [6, 6.07) is 10.9. The van der Waals surface area contributed by atoms with E-state index in [1.807, 2.05) is 6.07 Å². The van der Waals surface area contributed by atoms with E-state index >= 15 is 0 Å². The van der Waals surface area contributed by atoms with E-state index < -0.39 is 0 Å². The van der Waals surface area contributed by atoms with E-state index in [1.54, 1.807) is 0 Å². The molecule has 1 aliphatic rings. The van der Waals surface area contributed by atoms with Crippen LogP contribution in [0.5, 0.6) is 0 Å². The van der Waals surface area contributed by atoms with E-state index in [0.29, 0.717) is 12.0 Å². The fourth-order valence-electron chi connectivity index (χ4n) is 2.98. The van der Waals surface area contributed by atoms with Gasteiger partial charge in [0.2, 0.25) is 0 Å². The molecule has 0 unspecified atom stereocenters. The molecule has 0 bridgehead atoms. The standard InChI is InChI=1S/C19H31N3O/c20-19(22-18-11-6-1-2-7-12-18)21-14-8-15-23-16-13-17-9-4-3-5-10-17/h3-5,9-10,18H,1-2,6-8,11-16H2,(H3,20,21,22). The Morgan fingerprint density at radius 2 is 1.83 bits per heavy atom. The molecule has 1 aliphatic carbocycles. The fraction of sp³-hybridized carbons (Fsp3) is 0.632. The lowest BCUT2D eigenvalue weighted by atomic mass is 10.1. The maximum Gasteiger partial charge on any atom is 0.188 e. The predicted molar refractivity (Wildman–Crippen MR) is 96.7 cm³/mol. The van der Waals surface area contributed by atoms with Crippen LogP contribution in [-0.4, -0.2) is 31.8 Å². The molecule has 0 amide bonds. The van der Waals surface area contributed by atoms with Gasteiger partial charge in [0.05, 0.1) is 6.61 Å². The molecule has 128 valence electrons.